The molecule has 0 bridgehead atoms. The molecule has 1 N–H and O–H groups in total. The third-order valence-electron chi connectivity index (χ3n) is 0.144. The maximum atomic E-state index is 9.39. The van der Waals surface area contributed by atoms with Crippen LogP contribution in [0, 0.1) is 5.21 Å². The van der Waals surface area contributed by atoms with E-state index < -0.39 is 5.91 Å². The van der Waals surface area contributed by atoms with Crippen molar-refractivity contribution in [2.24, 2.45) is 0 Å². The maximum Gasteiger partial charge on any atom is 1.00 e. The molecule has 30 valence electrons. The largest absolute Gasteiger partial charge is 1.00 e. The third-order valence-corrected chi connectivity index (χ3v) is 0.144. The van der Waals surface area contributed by atoms with Crippen molar-refractivity contribution < 1.29 is 56.2 Å². The van der Waals surface area contributed by atoms with E-state index >= 15 is 0 Å². The van der Waals surface area contributed by atoms with Gasteiger partial charge in [0.1, 0.15) is 0 Å². The molecule has 4 heteroatoms. The van der Waals surface area contributed by atoms with Gasteiger partial charge in [0.05, 0.1) is 0 Å². The molecule has 0 aliphatic carbocycles. The summed E-state index contributed by atoms with van der Waals surface area (Å²) >= 11 is 0. The molecule has 6 heavy (non-hydrogen) atoms. The van der Waals surface area contributed by atoms with Gasteiger partial charge in [-0.3, -0.25) is 4.79 Å². The first-order chi connectivity index (χ1) is 2.27. The van der Waals surface area contributed by atoms with Crippen molar-refractivity contribution >= 4 is 5.91 Å². The van der Waals surface area contributed by atoms with Crippen LogP contribution in [0.15, 0.2) is 0 Å². The van der Waals surface area contributed by atoms with Crippen molar-refractivity contribution in [1.82, 2.24) is 5.48 Å². The van der Waals surface area contributed by atoms with Crippen LogP contribution in [0.5, 0.6) is 0 Å². The second-order valence-electron chi connectivity index (χ2n) is 0.658. The van der Waals surface area contributed by atoms with Gasteiger partial charge in [0.2, 0.25) is 5.91 Å². The van der Waals surface area contributed by atoms with Crippen LogP contribution >= 0.6 is 0 Å². The Balaban J connectivity index is 0. The minimum absolute atomic E-state index is 0. The van der Waals surface area contributed by atoms with Crippen LogP contribution in [0.3, 0.4) is 0 Å². The van der Waals surface area contributed by atoms with Crippen molar-refractivity contribution in [2.75, 3.05) is 0 Å². The molecule has 3 nitrogen and oxygen atoms in total. The van der Waals surface area contributed by atoms with Crippen LogP contribution in [-0.4, -0.2) is 5.91 Å². The van der Waals surface area contributed by atoms with Crippen LogP contribution in [0.2, 0.25) is 0 Å². The second kappa shape index (κ2) is 6.07. The van der Waals surface area contributed by atoms with E-state index in [-0.39, 0.29) is 51.4 Å². The van der Waals surface area contributed by atoms with Crippen LogP contribution in [0.1, 0.15) is 6.92 Å². The smallest absolute Gasteiger partial charge is 0.759 e. The summed E-state index contributed by atoms with van der Waals surface area (Å²) in [5.41, 5.74) is 1.14. The fourth-order valence-corrected chi connectivity index (χ4v) is 0. The molecule has 0 unspecified atom stereocenters. The zero-order chi connectivity index (χ0) is 4.28. The zero-order valence-corrected chi connectivity index (χ0v) is 6.94. The second-order valence-corrected chi connectivity index (χ2v) is 0.658. The molecule has 0 saturated carbocycles. The predicted octanol–water partition coefficient (Wildman–Crippen LogP) is -3.38. The summed E-state index contributed by atoms with van der Waals surface area (Å²) in [7, 11) is 0. The van der Waals surface area contributed by atoms with Gasteiger partial charge in [-0.05, 0) is 0 Å². The summed E-state index contributed by atoms with van der Waals surface area (Å²) in [6.07, 6.45) is 0. The summed E-state index contributed by atoms with van der Waals surface area (Å²) in [5.74, 6) is -0.551. The minimum atomic E-state index is -0.551. The molecule has 0 aliphatic heterocycles. The van der Waals surface area contributed by atoms with Gasteiger partial charge >= 0.3 is 51.4 Å². The van der Waals surface area contributed by atoms with Crippen molar-refractivity contribution in [2.45, 2.75) is 6.92 Å². The maximum absolute atomic E-state index is 9.39. The van der Waals surface area contributed by atoms with E-state index in [1.165, 1.54) is 0 Å². The number of hydroxylamine groups is 1. The standard InChI is InChI=1S/C2H4NO2.K/c1-2(4)3-5;/h1H3,(H-,3,4,5);/q-1;+1. The SMILES string of the molecule is CC(=O)N[O-].[K+]. The van der Waals surface area contributed by atoms with Gasteiger partial charge in [-0.25, -0.2) is 0 Å². The van der Waals surface area contributed by atoms with Crippen molar-refractivity contribution in [3.05, 3.63) is 5.21 Å². The summed E-state index contributed by atoms with van der Waals surface area (Å²) in [6.45, 7) is 1.16. The van der Waals surface area contributed by atoms with Gasteiger partial charge in [-0.15, -0.1) is 0 Å². The van der Waals surface area contributed by atoms with Crippen molar-refractivity contribution in [3.63, 3.8) is 0 Å². The summed E-state index contributed by atoms with van der Waals surface area (Å²) in [6, 6.07) is 0. The molecular formula is C2H4KNO2. The fraction of sp³-hybridized carbons (Fsp3) is 0.500. The molecule has 0 aromatic carbocycles. The molecular weight excluding hydrogens is 109 g/mol. The Bertz CT molecular complexity index is 46.8. The van der Waals surface area contributed by atoms with Crippen molar-refractivity contribution in [1.29, 1.82) is 0 Å². The number of hydrogen-bond donors (Lipinski definition) is 1. The van der Waals surface area contributed by atoms with E-state index in [1.54, 1.807) is 0 Å². The third kappa shape index (κ3) is 8.91. The van der Waals surface area contributed by atoms with E-state index in [9.17, 15) is 4.79 Å². The molecule has 0 fully saturated rings. The first kappa shape index (κ1) is 10.1. The number of rotatable bonds is 0. The average Bonchev–Trinajstić information content (AvgIpc) is 1.38. The predicted molar refractivity (Wildman–Crippen MR) is 17.2 cm³/mol. The molecule has 0 spiro atoms. The van der Waals surface area contributed by atoms with Crippen LogP contribution in [0.4, 0.5) is 0 Å². The topological polar surface area (TPSA) is 52.2 Å². The van der Waals surface area contributed by atoms with E-state index in [1.807, 2.05) is 0 Å². The number of hydrogen-bond acceptors (Lipinski definition) is 2. The van der Waals surface area contributed by atoms with Gasteiger partial charge in [0, 0.05) is 6.92 Å². The van der Waals surface area contributed by atoms with Crippen LogP contribution in [0.25, 0.3) is 0 Å². The number of nitrogens with one attached hydrogen (secondary N) is 1. The van der Waals surface area contributed by atoms with E-state index in [2.05, 4.69) is 0 Å². The molecule has 0 aromatic heterocycles. The van der Waals surface area contributed by atoms with Gasteiger partial charge in [-0.1, -0.05) is 0 Å². The normalized spacial score (nSPS) is 5.67. The molecule has 0 heterocycles. The summed E-state index contributed by atoms with van der Waals surface area (Å²) in [5, 5.41) is 9.03. The Morgan fingerprint density at radius 1 is 1.83 bits per heavy atom. The molecule has 0 radical (unpaired) electrons. The fourth-order valence-electron chi connectivity index (χ4n) is 0. The first-order valence-electron chi connectivity index (χ1n) is 1.16. The van der Waals surface area contributed by atoms with Crippen LogP contribution in [-0.2, 0) is 4.79 Å². The number of carbonyl (C=O) groups excluding carboxylic acids is 1. The van der Waals surface area contributed by atoms with Gasteiger partial charge in [0.15, 0.2) is 0 Å². The van der Waals surface area contributed by atoms with E-state index in [0.717, 1.165) is 12.4 Å². The molecule has 0 saturated heterocycles. The average molecular weight is 113 g/mol. The molecule has 0 rings (SSSR count). The number of carbonyl (C=O) groups is 1. The Kier molecular flexibility index (Phi) is 10.2. The van der Waals surface area contributed by atoms with E-state index in [4.69, 9.17) is 5.21 Å². The Hall–Kier alpha value is 1.07. The monoisotopic (exact) mass is 113 g/mol. The van der Waals surface area contributed by atoms with Crippen molar-refractivity contribution in [3.8, 4) is 0 Å². The molecule has 0 aliphatic rings. The summed E-state index contributed by atoms with van der Waals surface area (Å²) < 4.78 is 0. The van der Waals surface area contributed by atoms with Gasteiger partial charge < -0.3 is 10.7 Å². The van der Waals surface area contributed by atoms with Crippen LogP contribution < -0.4 is 56.9 Å². The quantitative estimate of drug-likeness (QED) is 0.263. The molecule has 0 aromatic rings. The zero-order valence-electron chi connectivity index (χ0n) is 3.82. The number of amides is 1. The Morgan fingerprint density at radius 3 is 2.00 bits per heavy atom. The molecule has 1 amide bonds. The Morgan fingerprint density at radius 2 is 2.00 bits per heavy atom. The molecule has 0 atom stereocenters. The van der Waals surface area contributed by atoms with Gasteiger partial charge in [-0.2, -0.15) is 0 Å². The summed E-state index contributed by atoms with van der Waals surface area (Å²) in [4.78, 5) is 9.39. The first-order valence-corrected chi connectivity index (χ1v) is 1.16. The van der Waals surface area contributed by atoms with Gasteiger partial charge in [0.25, 0.3) is 0 Å². The van der Waals surface area contributed by atoms with E-state index in [0.29, 0.717) is 0 Å². The minimum Gasteiger partial charge on any atom is -0.759 e. The Labute approximate surface area is 78.5 Å².